The third kappa shape index (κ3) is 3.95. The zero-order valence-corrected chi connectivity index (χ0v) is 13.6. The third-order valence-electron chi connectivity index (χ3n) is 3.45. The van der Waals surface area contributed by atoms with Crippen LogP contribution in [-0.4, -0.2) is 18.4 Å². The molecule has 0 aliphatic carbocycles. The summed E-state index contributed by atoms with van der Waals surface area (Å²) in [6.45, 7) is 5.93. The number of benzene rings is 2. The largest absolute Gasteiger partial charge is 0.462 e. The van der Waals surface area contributed by atoms with Crippen molar-refractivity contribution >= 4 is 17.3 Å². The van der Waals surface area contributed by atoms with Gasteiger partial charge in [-0.15, -0.1) is 0 Å². The minimum absolute atomic E-state index is 0.0190. The second-order valence-corrected chi connectivity index (χ2v) is 5.37. The van der Waals surface area contributed by atoms with Gasteiger partial charge < -0.3 is 4.74 Å². The molecule has 0 saturated carbocycles. The number of Topliss-reactive ketones (excluding diaryl/α,β-unsaturated/α-hetero) is 1. The Balaban J connectivity index is 2.35. The standard InChI is InChI=1S/C20H20O3/c1-4-23-20(22)17-12-10-15(11-13-17)18(14(2)3)19(21)16-8-6-5-7-9-16/h5-13H,4H2,1-3H3. The first-order valence-electron chi connectivity index (χ1n) is 7.59. The zero-order valence-electron chi connectivity index (χ0n) is 13.6. The molecule has 0 N–H and O–H groups in total. The molecule has 0 saturated heterocycles. The fourth-order valence-corrected chi connectivity index (χ4v) is 2.37. The van der Waals surface area contributed by atoms with E-state index in [-0.39, 0.29) is 11.8 Å². The quantitative estimate of drug-likeness (QED) is 0.463. The molecule has 118 valence electrons. The molecule has 0 aliphatic heterocycles. The molecule has 0 aromatic heterocycles. The van der Waals surface area contributed by atoms with Gasteiger partial charge in [0.2, 0.25) is 0 Å². The van der Waals surface area contributed by atoms with Crippen LogP contribution in [0.3, 0.4) is 0 Å². The second kappa shape index (κ2) is 7.54. The van der Waals surface area contributed by atoms with Crippen LogP contribution in [0.15, 0.2) is 60.2 Å². The van der Waals surface area contributed by atoms with Gasteiger partial charge in [0.25, 0.3) is 0 Å². The predicted molar refractivity (Wildman–Crippen MR) is 91.4 cm³/mol. The highest BCUT2D eigenvalue weighted by Crippen LogP contribution is 2.24. The predicted octanol–water partition coefficient (Wildman–Crippen LogP) is 4.54. The Kier molecular flexibility index (Phi) is 5.47. The number of allylic oxidation sites excluding steroid dienone is 2. The number of carbonyl (C=O) groups is 2. The summed E-state index contributed by atoms with van der Waals surface area (Å²) in [4.78, 5) is 24.5. The van der Waals surface area contributed by atoms with Gasteiger partial charge in [0.15, 0.2) is 5.78 Å². The highest BCUT2D eigenvalue weighted by atomic mass is 16.5. The van der Waals surface area contributed by atoms with E-state index in [1.54, 1.807) is 43.3 Å². The first-order chi connectivity index (χ1) is 11.0. The average molecular weight is 308 g/mol. The maximum absolute atomic E-state index is 12.8. The third-order valence-corrected chi connectivity index (χ3v) is 3.45. The lowest BCUT2D eigenvalue weighted by atomic mass is 9.93. The van der Waals surface area contributed by atoms with Crippen molar-refractivity contribution in [2.24, 2.45) is 0 Å². The summed E-state index contributed by atoms with van der Waals surface area (Å²) in [6, 6.07) is 16.1. The fraction of sp³-hybridized carbons (Fsp3) is 0.200. The molecule has 0 unspecified atom stereocenters. The van der Waals surface area contributed by atoms with Crippen LogP contribution in [0.5, 0.6) is 0 Å². The van der Waals surface area contributed by atoms with E-state index >= 15 is 0 Å². The van der Waals surface area contributed by atoms with E-state index in [2.05, 4.69) is 0 Å². The van der Waals surface area contributed by atoms with Gasteiger partial charge in [-0.3, -0.25) is 4.79 Å². The number of esters is 1. The van der Waals surface area contributed by atoms with Gasteiger partial charge in [-0.2, -0.15) is 0 Å². The molecule has 23 heavy (non-hydrogen) atoms. The minimum Gasteiger partial charge on any atom is -0.462 e. The number of carbonyl (C=O) groups excluding carboxylic acids is 2. The van der Waals surface area contributed by atoms with E-state index in [0.29, 0.717) is 23.3 Å². The monoisotopic (exact) mass is 308 g/mol. The van der Waals surface area contributed by atoms with E-state index in [0.717, 1.165) is 11.1 Å². The molecule has 0 spiro atoms. The lowest BCUT2D eigenvalue weighted by Crippen LogP contribution is -2.07. The minimum atomic E-state index is -0.354. The summed E-state index contributed by atoms with van der Waals surface area (Å²) >= 11 is 0. The number of ether oxygens (including phenoxy) is 1. The van der Waals surface area contributed by atoms with Crippen molar-refractivity contribution in [3.05, 3.63) is 76.9 Å². The molecule has 0 bridgehead atoms. The Hall–Kier alpha value is -2.68. The first kappa shape index (κ1) is 16.7. The highest BCUT2D eigenvalue weighted by Gasteiger charge is 2.16. The van der Waals surface area contributed by atoms with Crippen molar-refractivity contribution in [1.29, 1.82) is 0 Å². The average Bonchev–Trinajstić information content (AvgIpc) is 2.56. The van der Waals surface area contributed by atoms with Crippen LogP contribution >= 0.6 is 0 Å². The Bertz CT molecular complexity index is 721. The fourth-order valence-electron chi connectivity index (χ4n) is 2.37. The molecule has 2 rings (SSSR count). The van der Waals surface area contributed by atoms with Crippen molar-refractivity contribution in [2.75, 3.05) is 6.61 Å². The number of rotatable bonds is 5. The molecular weight excluding hydrogens is 288 g/mol. The van der Waals surface area contributed by atoms with Gasteiger partial charge in [-0.25, -0.2) is 4.79 Å². The Labute approximate surface area is 136 Å². The van der Waals surface area contributed by atoms with Gasteiger partial charge in [-0.05, 0) is 38.5 Å². The molecule has 0 radical (unpaired) electrons. The summed E-state index contributed by atoms with van der Waals surface area (Å²) in [5.41, 5.74) is 3.52. The molecule has 0 amide bonds. The van der Waals surface area contributed by atoms with E-state index in [9.17, 15) is 9.59 Å². The smallest absolute Gasteiger partial charge is 0.338 e. The zero-order chi connectivity index (χ0) is 16.8. The molecule has 0 heterocycles. The van der Waals surface area contributed by atoms with Crippen molar-refractivity contribution in [3.8, 4) is 0 Å². The summed E-state index contributed by atoms with van der Waals surface area (Å²) in [5, 5.41) is 0. The van der Waals surface area contributed by atoms with Crippen molar-refractivity contribution in [3.63, 3.8) is 0 Å². The highest BCUT2D eigenvalue weighted by molar-refractivity contribution is 6.29. The normalized spacial score (nSPS) is 10.0. The molecule has 3 heteroatoms. The van der Waals surface area contributed by atoms with Crippen LogP contribution < -0.4 is 0 Å². The molecule has 3 nitrogen and oxygen atoms in total. The van der Waals surface area contributed by atoms with Gasteiger partial charge in [0.05, 0.1) is 12.2 Å². The SMILES string of the molecule is CCOC(=O)c1ccc(C(C(=O)c2ccccc2)=C(C)C)cc1. The Morgan fingerprint density at radius 2 is 1.39 bits per heavy atom. The van der Waals surface area contributed by atoms with Crippen LogP contribution in [0.2, 0.25) is 0 Å². The summed E-state index contributed by atoms with van der Waals surface area (Å²) in [5.74, 6) is -0.373. The van der Waals surface area contributed by atoms with E-state index in [1.165, 1.54) is 0 Å². The number of ketones is 1. The van der Waals surface area contributed by atoms with Crippen LogP contribution in [0.25, 0.3) is 5.57 Å². The van der Waals surface area contributed by atoms with Crippen LogP contribution in [0.1, 0.15) is 47.1 Å². The molecule has 0 fully saturated rings. The lowest BCUT2D eigenvalue weighted by molar-refractivity contribution is 0.0526. The second-order valence-electron chi connectivity index (χ2n) is 5.37. The van der Waals surface area contributed by atoms with Crippen LogP contribution in [-0.2, 0) is 4.74 Å². The van der Waals surface area contributed by atoms with Gasteiger partial charge in [-0.1, -0.05) is 48.0 Å². The maximum atomic E-state index is 12.8. The molecule has 0 atom stereocenters. The van der Waals surface area contributed by atoms with Crippen molar-refractivity contribution < 1.29 is 14.3 Å². The van der Waals surface area contributed by atoms with Crippen molar-refractivity contribution in [2.45, 2.75) is 20.8 Å². The molecule has 0 aliphatic rings. The van der Waals surface area contributed by atoms with Crippen LogP contribution in [0.4, 0.5) is 0 Å². The van der Waals surface area contributed by atoms with E-state index in [4.69, 9.17) is 4.74 Å². The van der Waals surface area contributed by atoms with Gasteiger partial charge in [0, 0.05) is 11.1 Å². The number of hydrogen-bond acceptors (Lipinski definition) is 3. The first-order valence-corrected chi connectivity index (χ1v) is 7.59. The summed E-state index contributed by atoms with van der Waals surface area (Å²) in [7, 11) is 0. The topological polar surface area (TPSA) is 43.4 Å². The number of hydrogen-bond donors (Lipinski definition) is 0. The molecule has 2 aromatic carbocycles. The summed E-state index contributed by atoms with van der Waals surface area (Å²) in [6.07, 6.45) is 0. The molecule has 2 aromatic rings. The van der Waals surface area contributed by atoms with E-state index < -0.39 is 0 Å². The maximum Gasteiger partial charge on any atom is 0.338 e. The molecular formula is C20H20O3. The van der Waals surface area contributed by atoms with E-state index in [1.807, 2.05) is 32.0 Å². The Morgan fingerprint density at radius 3 is 1.91 bits per heavy atom. The Morgan fingerprint density at radius 1 is 0.826 bits per heavy atom. The van der Waals surface area contributed by atoms with Crippen LogP contribution in [0, 0.1) is 0 Å². The van der Waals surface area contributed by atoms with Crippen molar-refractivity contribution in [1.82, 2.24) is 0 Å². The van der Waals surface area contributed by atoms with Gasteiger partial charge in [0.1, 0.15) is 0 Å². The lowest BCUT2D eigenvalue weighted by Gasteiger charge is -2.10. The summed E-state index contributed by atoms with van der Waals surface area (Å²) < 4.78 is 4.97. The van der Waals surface area contributed by atoms with Gasteiger partial charge >= 0.3 is 5.97 Å².